The Hall–Kier alpha value is -2.76. The molecule has 1 aliphatic heterocycles. The molecule has 134 valence electrons. The number of nitrogens with zero attached hydrogens (tertiary/aromatic N) is 1. The van der Waals surface area contributed by atoms with Crippen LogP contribution in [0.4, 0.5) is 0 Å². The molecule has 2 aromatic rings. The van der Waals surface area contributed by atoms with E-state index in [1.165, 1.54) is 24.5 Å². The van der Waals surface area contributed by atoms with E-state index >= 15 is 0 Å². The first-order valence-corrected chi connectivity index (χ1v) is 9.38. The minimum absolute atomic E-state index is 0.114. The number of halogens is 1. The van der Waals surface area contributed by atoms with Gasteiger partial charge in [0.25, 0.3) is 15.9 Å². The lowest BCUT2D eigenvalue weighted by Crippen LogP contribution is -2.31. The molecule has 9 heteroatoms. The van der Waals surface area contributed by atoms with Gasteiger partial charge in [0.1, 0.15) is 29.3 Å². The van der Waals surface area contributed by atoms with Crippen LogP contribution in [-0.4, -0.2) is 20.4 Å². The number of nitriles is 1. The summed E-state index contributed by atoms with van der Waals surface area (Å²) in [4.78, 5) is 12.0. The summed E-state index contributed by atoms with van der Waals surface area (Å²) in [5.74, 6) is -0.370. The van der Waals surface area contributed by atoms with Gasteiger partial charge >= 0.3 is 0 Å². The standard InChI is InChI=1S/C17H13ClN2O5S/c1-10-5-11-7-14(8-15(18)16(11)25-10)26(22,23)20-17(21)12(9-19)6-13-3-2-4-24-13/h2-4,6-8,10H,5H2,1H3,(H,20,21)/b12-6-. The van der Waals surface area contributed by atoms with Gasteiger partial charge in [0.05, 0.1) is 16.2 Å². The largest absolute Gasteiger partial charge is 0.489 e. The predicted molar refractivity (Wildman–Crippen MR) is 92.9 cm³/mol. The van der Waals surface area contributed by atoms with Crippen molar-refractivity contribution in [2.24, 2.45) is 0 Å². The molecule has 26 heavy (non-hydrogen) atoms. The van der Waals surface area contributed by atoms with Gasteiger partial charge in [-0.25, -0.2) is 13.1 Å². The van der Waals surface area contributed by atoms with Crippen molar-refractivity contribution in [2.45, 2.75) is 24.3 Å². The Balaban J connectivity index is 1.88. The maximum Gasteiger partial charge on any atom is 0.275 e. The highest BCUT2D eigenvalue weighted by Gasteiger charge is 2.27. The molecule has 2 heterocycles. The molecular weight excluding hydrogens is 380 g/mol. The lowest BCUT2D eigenvalue weighted by Gasteiger charge is -2.09. The van der Waals surface area contributed by atoms with Gasteiger partial charge in [-0.15, -0.1) is 0 Å². The number of fused-ring (bicyclic) bond motifs is 1. The summed E-state index contributed by atoms with van der Waals surface area (Å²) in [5, 5.41) is 9.25. The molecule has 0 saturated carbocycles. The number of carbonyl (C=O) groups excluding carboxylic acids is 1. The Morgan fingerprint density at radius 3 is 2.88 bits per heavy atom. The number of furan rings is 1. The van der Waals surface area contributed by atoms with Crippen LogP contribution in [0.5, 0.6) is 5.75 Å². The topological polar surface area (TPSA) is 109 Å². The van der Waals surface area contributed by atoms with Crippen molar-refractivity contribution in [3.05, 3.63) is 52.4 Å². The SMILES string of the molecule is CC1Cc2cc(S(=O)(=O)NC(=O)/C(C#N)=C\c3ccco3)cc(Cl)c2O1. The normalized spacial score (nSPS) is 16.5. The van der Waals surface area contributed by atoms with Crippen LogP contribution >= 0.6 is 11.6 Å². The molecule has 0 fully saturated rings. The van der Waals surface area contributed by atoms with Crippen LogP contribution < -0.4 is 9.46 Å². The molecule has 1 N–H and O–H groups in total. The Morgan fingerprint density at radius 1 is 1.46 bits per heavy atom. The average Bonchev–Trinajstić information content (AvgIpc) is 3.20. The summed E-state index contributed by atoms with van der Waals surface area (Å²) >= 11 is 6.09. The van der Waals surface area contributed by atoms with Crippen LogP contribution in [0.1, 0.15) is 18.2 Å². The van der Waals surface area contributed by atoms with Crippen molar-refractivity contribution in [2.75, 3.05) is 0 Å². The predicted octanol–water partition coefficient (Wildman–Crippen LogP) is 2.67. The van der Waals surface area contributed by atoms with E-state index in [2.05, 4.69) is 0 Å². The van der Waals surface area contributed by atoms with Crippen LogP contribution in [-0.2, 0) is 21.2 Å². The monoisotopic (exact) mass is 392 g/mol. The van der Waals surface area contributed by atoms with Crippen molar-refractivity contribution in [1.82, 2.24) is 4.72 Å². The Kier molecular flexibility index (Phi) is 4.76. The van der Waals surface area contributed by atoms with E-state index in [0.29, 0.717) is 17.7 Å². The third-order valence-electron chi connectivity index (χ3n) is 3.65. The first kappa shape index (κ1) is 18.0. The lowest BCUT2D eigenvalue weighted by atomic mass is 10.1. The second-order valence-electron chi connectivity index (χ2n) is 5.65. The molecule has 0 bridgehead atoms. The van der Waals surface area contributed by atoms with Crippen LogP contribution in [0.3, 0.4) is 0 Å². The van der Waals surface area contributed by atoms with E-state index in [4.69, 9.17) is 26.0 Å². The molecule has 7 nitrogen and oxygen atoms in total. The molecule has 0 aliphatic carbocycles. The number of benzene rings is 1. The van der Waals surface area contributed by atoms with Crippen molar-refractivity contribution in [3.8, 4) is 11.8 Å². The zero-order valence-electron chi connectivity index (χ0n) is 13.5. The highest BCUT2D eigenvalue weighted by Crippen LogP contribution is 2.37. The molecular formula is C17H13ClN2O5S. The minimum atomic E-state index is -4.22. The zero-order valence-corrected chi connectivity index (χ0v) is 15.1. The summed E-state index contributed by atoms with van der Waals surface area (Å²) in [6, 6.07) is 7.36. The molecule has 1 atom stereocenters. The molecule has 1 aliphatic rings. The second kappa shape index (κ2) is 6.86. The molecule has 0 saturated heterocycles. The molecule has 1 unspecified atom stereocenters. The summed E-state index contributed by atoms with van der Waals surface area (Å²) in [5.41, 5.74) is 0.234. The summed E-state index contributed by atoms with van der Waals surface area (Å²) in [7, 11) is -4.22. The summed E-state index contributed by atoms with van der Waals surface area (Å²) in [6.45, 7) is 1.84. The quantitative estimate of drug-likeness (QED) is 0.632. The van der Waals surface area contributed by atoms with Gasteiger partial charge < -0.3 is 9.15 Å². The Bertz CT molecular complexity index is 1040. The van der Waals surface area contributed by atoms with Crippen LogP contribution in [0.15, 0.2) is 45.4 Å². The van der Waals surface area contributed by atoms with Crippen LogP contribution in [0.2, 0.25) is 5.02 Å². The maximum absolute atomic E-state index is 12.5. The fourth-order valence-corrected chi connectivity index (χ4v) is 3.90. The Labute approximate surface area is 154 Å². The first-order chi connectivity index (χ1) is 12.3. The average molecular weight is 393 g/mol. The number of hydrogen-bond acceptors (Lipinski definition) is 6. The third kappa shape index (κ3) is 3.59. The lowest BCUT2D eigenvalue weighted by molar-refractivity contribution is -0.115. The van der Waals surface area contributed by atoms with E-state index in [1.54, 1.807) is 12.1 Å². The number of nitrogens with one attached hydrogen (secondary N) is 1. The second-order valence-corrected chi connectivity index (χ2v) is 7.74. The van der Waals surface area contributed by atoms with Gasteiger partial charge in [0.15, 0.2) is 0 Å². The highest BCUT2D eigenvalue weighted by atomic mass is 35.5. The smallest absolute Gasteiger partial charge is 0.275 e. The first-order valence-electron chi connectivity index (χ1n) is 7.51. The number of carbonyl (C=O) groups is 1. The van der Waals surface area contributed by atoms with Gasteiger partial charge in [0.2, 0.25) is 0 Å². The van der Waals surface area contributed by atoms with Crippen molar-refractivity contribution < 1.29 is 22.4 Å². The Morgan fingerprint density at radius 2 is 2.23 bits per heavy atom. The molecule has 0 radical (unpaired) electrons. The van der Waals surface area contributed by atoms with E-state index in [1.807, 2.05) is 11.6 Å². The summed E-state index contributed by atoms with van der Waals surface area (Å²) < 4.78 is 37.4. The van der Waals surface area contributed by atoms with Gasteiger partial charge in [-0.3, -0.25) is 4.79 Å². The van der Waals surface area contributed by atoms with E-state index in [9.17, 15) is 13.2 Å². The number of rotatable bonds is 4. The molecule has 3 rings (SSSR count). The van der Waals surface area contributed by atoms with E-state index < -0.39 is 21.5 Å². The molecule has 0 spiro atoms. The van der Waals surface area contributed by atoms with Crippen molar-refractivity contribution in [1.29, 1.82) is 5.26 Å². The van der Waals surface area contributed by atoms with Crippen molar-refractivity contribution >= 4 is 33.6 Å². The zero-order chi connectivity index (χ0) is 18.9. The van der Waals surface area contributed by atoms with Crippen molar-refractivity contribution in [3.63, 3.8) is 0 Å². The molecule has 1 aromatic carbocycles. The van der Waals surface area contributed by atoms with Crippen LogP contribution in [0, 0.1) is 11.3 Å². The number of amides is 1. The summed E-state index contributed by atoms with van der Waals surface area (Å²) in [6.07, 6.45) is 2.91. The number of ether oxygens (including phenoxy) is 1. The number of hydrogen-bond donors (Lipinski definition) is 1. The maximum atomic E-state index is 12.5. The number of sulfonamides is 1. The molecule has 1 amide bonds. The van der Waals surface area contributed by atoms with Gasteiger partial charge in [-0.1, -0.05) is 11.6 Å². The minimum Gasteiger partial charge on any atom is -0.489 e. The van der Waals surface area contributed by atoms with E-state index in [0.717, 1.165) is 6.08 Å². The van der Waals surface area contributed by atoms with Gasteiger partial charge in [-0.05, 0) is 31.2 Å². The third-order valence-corrected chi connectivity index (χ3v) is 5.24. The molecule has 1 aromatic heterocycles. The van der Waals surface area contributed by atoms with Crippen LogP contribution in [0.25, 0.3) is 6.08 Å². The highest BCUT2D eigenvalue weighted by molar-refractivity contribution is 7.90. The van der Waals surface area contributed by atoms with Gasteiger partial charge in [0, 0.05) is 18.1 Å². The fourth-order valence-electron chi connectivity index (χ4n) is 2.51. The van der Waals surface area contributed by atoms with Gasteiger partial charge in [-0.2, -0.15) is 5.26 Å². The fraction of sp³-hybridized carbons (Fsp3) is 0.176. The van der Waals surface area contributed by atoms with E-state index in [-0.39, 0.29) is 21.8 Å².